The zero-order chi connectivity index (χ0) is 15.4. The summed E-state index contributed by atoms with van der Waals surface area (Å²) in [6.45, 7) is 4.18. The molecule has 3 atom stereocenters. The molecule has 0 spiro atoms. The van der Waals surface area contributed by atoms with Crippen LogP contribution in [-0.2, 0) is 10.8 Å². The Morgan fingerprint density at radius 1 is 1.38 bits per heavy atom. The maximum atomic E-state index is 11.1. The van der Waals surface area contributed by atoms with Crippen molar-refractivity contribution in [2.45, 2.75) is 32.4 Å². The number of furan rings is 1. The van der Waals surface area contributed by atoms with Gasteiger partial charge >= 0.3 is 0 Å². The topological polar surface area (TPSA) is 51.5 Å². The molecule has 0 saturated heterocycles. The number of para-hydroxylation sites is 1. The highest BCUT2D eigenvalue weighted by Crippen LogP contribution is 2.30. The number of nitrogens with one attached hydrogen (secondary N) is 1. The first-order valence-corrected chi connectivity index (χ1v) is 8.86. The zero-order valence-corrected chi connectivity index (χ0v) is 13.8. The maximum absolute atomic E-state index is 11.1. The van der Waals surface area contributed by atoms with Gasteiger partial charge in [-0.2, -0.15) is 0 Å². The second kappa shape index (κ2) is 7.09. The molecule has 0 saturated carbocycles. The quantitative estimate of drug-likeness (QED) is 0.853. The van der Waals surface area contributed by atoms with E-state index in [0.29, 0.717) is 6.04 Å². The Bertz CT molecular complexity index is 623. The van der Waals surface area contributed by atoms with Crippen LogP contribution in [0.4, 0.5) is 0 Å². The lowest BCUT2D eigenvalue weighted by molar-refractivity contribution is 0.388. The molecule has 5 heteroatoms. The third-order valence-electron chi connectivity index (χ3n) is 3.55. The second-order valence-corrected chi connectivity index (χ2v) is 6.94. The van der Waals surface area contributed by atoms with Gasteiger partial charge in [-0.1, -0.05) is 12.1 Å². The molecular formula is C16H23NO3S. The summed E-state index contributed by atoms with van der Waals surface area (Å²) in [4.78, 5) is 0. The minimum Gasteiger partial charge on any atom is -0.493 e. The molecule has 0 amide bonds. The number of hydrogen-bond acceptors (Lipinski definition) is 4. The van der Waals surface area contributed by atoms with E-state index in [1.807, 2.05) is 24.3 Å². The maximum Gasteiger partial charge on any atom is 0.176 e. The van der Waals surface area contributed by atoms with Crippen molar-refractivity contribution in [2.24, 2.45) is 0 Å². The van der Waals surface area contributed by atoms with E-state index >= 15 is 0 Å². The summed E-state index contributed by atoms with van der Waals surface area (Å²) in [5.41, 5.74) is 0.783. The summed E-state index contributed by atoms with van der Waals surface area (Å²) in [5, 5.41) is 4.52. The van der Waals surface area contributed by atoms with Gasteiger partial charge in [0.2, 0.25) is 0 Å². The van der Waals surface area contributed by atoms with Crippen molar-refractivity contribution in [1.82, 2.24) is 5.32 Å². The number of ether oxygens (including phenoxy) is 1. The lowest BCUT2D eigenvalue weighted by Crippen LogP contribution is -2.29. The highest BCUT2D eigenvalue weighted by atomic mass is 32.2. The molecule has 1 N–H and O–H groups in total. The molecule has 21 heavy (non-hydrogen) atoms. The number of hydrogen-bond donors (Lipinski definition) is 1. The number of rotatable bonds is 7. The summed E-state index contributed by atoms with van der Waals surface area (Å²) in [6, 6.07) is 8.30. The van der Waals surface area contributed by atoms with E-state index in [0.717, 1.165) is 34.7 Å². The Balaban J connectivity index is 2.09. The van der Waals surface area contributed by atoms with Crippen LogP contribution in [0, 0.1) is 0 Å². The molecule has 1 aromatic carbocycles. The van der Waals surface area contributed by atoms with Gasteiger partial charge in [-0.15, -0.1) is 0 Å². The Morgan fingerprint density at radius 2 is 2.14 bits per heavy atom. The fraction of sp³-hybridized carbons (Fsp3) is 0.500. The van der Waals surface area contributed by atoms with Crippen LogP contribution in [-0.4, -0.2) is 29.4 Å². The smallest absolute Gasteiger partial charge is 0.176 e. The molecule has 0 aliphatic rings. The molecule has 1 heterocycles. The Kier molecular flexibility index (Phi) is 5.42. The molecule has 1 aromatic heterocycles. The zero-order valence-electron chi connectivity index (χ0n) is 13.0. The van der Waals surface area contributed by atoms with Crippen LogP contribution in [0.2, 0.25) is 0 Å². The standard InChI is InChI=1S/C16H23NO3S/c1-11(8-9-21(4)18)17-12(2)15-10-13-6-5-7-14(19-3)16(13)20-15/h5-7,10-12,17H,8-9H2,1-4H3. The van der Waals surface area contributed by atoms with Gasteiger partial charge < -0.3 is 14.5 Å². The lowest BCUT2D eigenvalue weighted by atomic mass is 10.1. The Hall–Kier alpha value is -1.33. The fourth-order valence-corrected chi connectivity index (χ4v) is 3.05. The van der Waals surface area contributed by atoms with Crippen LogP contribution in [0.15, 0.2) is 28.7 Å². The molecule has 3 unspecified atom stereocenters. The van der Waals surface area contributed by atoms with Crippen LogP contribution >= 0.6 is 0 Å². The highest BCUT2D eigenvalue weighted by molar-refractivity contribution is 7.84. The second-order valence-electron chi connectivity index (χ2n) is 5.38. The van der Waals surface area contributed by atoms with Crippen molar-refractivity contribution in [3.8, 4) is 5.75 Å². The third kappa shape index (κ3) is 4.08. The van der Waals surface area contributed by atoms with Crippen LogP contribution < -0.4 is 10.1 Å². The molecule has 0 aliphatic heterocycles. The molecule has 0 radical (unpaired) electrons. The minimum atomic E-state index is -0.742. The third-order valence-corrected chi connectivity index (χ3v) is 4.36. The van der Waals surface area contributed by atoms with E-state index in [4.69, 9.17) is 9.15 Å². The fourth-order valence-electron chi connectivity index (χ4n) is 2.37. The van der Waals surface area contributed by atoms with Gasteiger partial charge in [-0.3, -0.25) is 4.21 Å². The summed E-state index contributed by atoms with van der Waals surface area (Å²) in [6.07, 6.45) is 2.62. The van der Waals surface area contributed by atoms with Gasteiger partial charge in [0.15, 0.2) is 11.3 Å². The van der Waals surface area contributed by atoms with Crippen LogP contribution in [0.3, 0.4) is 0 Å². The minimum absolute atomic E-state index is 0.0994. The van der Waals surface area contributed by atoms with Gasteiger partial charge in [-0.25, -0.2) is 0 Å². The molecule has 2 aromatic rings. The van der Waals surface area contributed by atoms with Crippen LogP contribution in [0.1, 0.15) is 32.1 Å². The van der Waals surface area contributed by atoms with Crippen LogP contribution in [0.25, 0.3) is 11.0 Å². The first-order valence-electron chi connectivity index (χ1n) is 7.13. The lowest BCUT2D eigenvalue weighted by Gasteiger charge is -2.17. The van der Waals surface area contributed by atoms with E-state index in [9.17, 15) is 4.21 Å². The van der Waals surface area contributed by atoms with Gasteiger partial charge in [0.05, 0.1) is 13.2 Å². The number of fused-ring (bicyclic) bond motifs is 1. The van der Waals surface area contributed by atoms with E-state index in [-0.39, 0.29) is 6.04 Å². The van der Waals surface area contributed by atoms with Crippen molar-refractivity contribution in [3.63, 3.8) is 0 Å². The van der Waals surface area contributed by atoms with E-state index in [1.54, 1.807) is 13.4 Å². The molecule has 0 fully saturated rings. The van der Waals surface area contributed by atoms with Crippen molar-refractivity contribution < 1.29 is 13.4 Å². The molecule has 0 bridgehead atoms. The van der Waals surface area contributed by atoms with E-state index in [1.165, 1.54) is 0 Å². The normalized spacial score (nSPS) is 15.8. The summed E-state index contributed by atoms with van der Waals surface area (Å²) in [5.74, 6) is 2.36. The van der Waals surface area contributed by atoms with Crippen molar-refractivity contribution >= 4 is 21.8 Å². The first kappa shape index (κ1) is 16.0. The van der Waals surface area contributed by atoms with Gasteiger partial charge in [-0.05, 0) is 32.4 Å². The van der Waals surface area contributed by atoms with Gasteiger partial charge in [0.25, 0.3) is 0 Å². The molecule has 4 nitrogen and oxygen atoms in total. The molecular weight excluding hydrogens is 286 g/mol. The van der Waals surface area contributed by atoms with Crippen molar-refractivity contribution in [2.75, 3.05) is 19.1 Å². The van der Waals surface area contributed by atoms with E-state index < -0.39 is 10.8 Å². The summed E-state index contributed by atoms with van der Waals surface area (Å²) < 4.78 is 22.4. The SMILES string of the molecule is COc1cccc2cc(C(C)NC(C)CCS(C)=O)oc12. The Labute approximate surface area is 128 Å². The largest absolute Gasteiger partial charge is 0.493 e. The first-order chi connectivity index (χ1) is 10.0. The molecule has 116 valence electrons. The molecule has 2 rings (SSSR count). The average Bonchev–Trinajstić information content (AvgIpc) is 2.89. The summed E-state index contributed by atoms with van der Waals surface area (Å²) >= 11 is 0. The number of benzene rings is 1. The predicted octanol–water partition coefficient (Wildman–Crippen LogP) is 3.25. The summed E-state index contributed by atoms with van der Waals surface area (Å²) in [7, 11) is 0.902. The number of methoxy groups -OCH3 is 1. The van der Waals surface area contributed by atoms with E-state index in [2.05, 4.69) is 19.2 Å². The van der Waals surface area contributed by atoms with Crippen molar-refractivity contribution in [1.29, 1.82) is 0 Å². The van der Waals surface area contributed by atoms with Crippen LogP contribution in [0.5, 0.6) is 5.75 Å². The predicted molar refractivity (Wildman–Crippen MR) is 87.3 cm³/mol. The van der Waals surface area contributed by atoms with Gasteiger partial charge in [0.1, 0.15) is 5.76 Å². The molecule has 0 aliphatic carbocycles. The Morgan fingerprint density at radius 3 is 2.81 bits per heavy atom. The monoisotopic (exact) mass is 309 g/mol. The van der Waals surface area contributed by atoms with Crippen molar-refractivity contribution in [3.05, 3.63) is 30.0 Å². The van der Waals surface area contributed by atoms with Gasteiger partial charge in [0, 0.05) is 34.2 Å². The average molecular weight is 309 g/mol. The highest BCUT2D eigenvalue weighted by Gasteiger charge is 2.16.